The highest BCUT2D eigenvalue weighted by molar-refractivity contribution is 5.80. The molecular weight excluding hydrogens is 464 g/mol. The first-order valence-corrected chi connectivity index (χ1v) is 13.4. The van der Waals surface area contributed by atoms with Gasteiger partial charge in [-0.3, -0.25) is 9.69 Å². The van der Waals surface area contributed by atoms with Crippen molar-refractivity contribution in [3.8, 4) is 5.75 Å². The first kappa shape index (κ1) is 25.1. The van der Waals surface area contributed by atoms with E-state index >= 15 is 0 Å². The van der Waals surface area contributed by atoms with Gasteiger partial charge in [-0.05, 0) is 65.9 Å². The molecule has 4 aromatic rings. The van der Waals surface area contributed by atoms with E-state index in [1.165, 1.54) is 24.8 Å². The number of pyridine rings is 1. The summed E-state index contributed by atoms with van der Waals surface area (Å²) < 4.78 is 7.48. The van der Waals surface area contributed by atoms with Gasteiger partial charge in [0.25, 0.3) is 5.56 Å². The van der Waals surface area contributed by atoms with E-state index < -0.39 is 0 Å². The zero-order valence-electron chi connectivity index (χ0n) is 21.8. The Kier molecular flexibility index (Phi) is 7.94. The van der Waals surface area contributed by atoms with Crippen LogP contribution in [-0.2, 0) is 13.0 Å². The molecule has 2 aromatic heterocycles. The first-order chi connectivity index (χ1) is 18.2. The summed E-state index contributed by atoms with van der Waals surface area (Å²) in [4.78, 5) is 18.6. The van der Waals surface area contributed by atoms with Gasteiger partial charge in [-0.25, -0.2) is 4.68 Å². The molecule has 1 atom stereocenters. The summed E-state index contributed by atoms with van der Waals surface area (Å²) in [5.74, 6) is 1.67. The summed E-state index contributed by atoms with van der Waals surface area (Å²) >= 11 is 0. The summed E-state index contributed by atoms with van der Waals surface area (Å²) in [7, 11) is 1.65. The average molecular weight is 501 g/mol. The van der Waals surface area contributed by atoms with Gasteiger partial charge in [0.15, 0.2) is 5.82 Å². The van der Waals surface area contributed by atoms with Crippen LogP contribution in [0.15, 0.2) is 59.4 Å². The molecule has 1 aliphatic carbocycles. The number of aromatic amines is 1. The van der Waals surface area contributed by atoms with Crippen molar-refractivity contribution in [2.75, 3.05) is 13.7 Å². The van der Waals surface area contributed by atoms with E-state index in [2.05, 4.69) is 61.3 Å². The molecule has 0 aliphatic heterocycles. The topological polar surface area (TPSA) is 88.9 Å². The Morgan fingerprint density at radius 2 is 1.92 bits per heavy atom. The lowest BCUT2D eigenvalue weighted by Gasteiger charge is -2.32. The molecule has 1 N–H and O–H groups in total. The highest BCUT2D eigenvalue weighted by atomic mass is 16.5. The fourth-order valence-electron chi connectivity index (χ4n) is 5.57. The molecule has 0 spiro atoms. The molecule has 37 heavy (non-hydrogen) atoms. The molecular formula is C29H36N6O2. The van der Waals surface area contributed by atoms with E-state index in [1.54, 1.807) is 7.11 Å². The van der Waals surface area contributed by atoms with Crippen LogP contribution < -0.4 is 10.3 Å². The van der Waals surface area contributed by atoms with Crippen molar-refractivity contribution in [1.29, 1.82) is 0 Å². The van der Waals surface area contributed by atoms with Gasteiger partial charge in [-0.1, -0.05) is 56.5 Å². The predicted molar refractivity (Wildman–Crippen MR) is 145 cm³/mol. The van der Waals surface area contributed by atoms with Crippen LogP contribution >= 0.6 is 0 Å². The van der Waals surface area contributed by atoms with Gasteiger partial charge in [0.05, 0.1) is 19.2 Å². The smallest absolute Gasteiger partial charge is 0.252 e. The van der Waals surface area contributed by atoms with Crippen LogP contribution in [0.4, 0.5) is 0 Å². The van der Waals surface area contributed by atoms with Crippen molar-refractivity contribution in [2.45, 2.75) is 70.5 Å². The maximum atomic E-state index is 13.2. The molecule has 8 heteroatoms. The number of nitrogens with one attached hydrogen (secondary N) is 1. The number of tetrazole rings is 1. The van der Waals surface area contributed by atoms with Gasteiger partial charge < -0.3 is 9.72 Å². The van der Waals surface area contributed by atoms with E-state index in [9.17, 15) is 4.79 Å². The Balaban J connectivity index is 1.48. The molecule has 0 amide bonds. The Bertz CT molecular complexity index is 1360. The van der Waals surface area contributed by atoms with Gasteiger partial charge in [0, 0.05) is 29.6 Å². The van der Waals surface area contributed by atoms with Crippen LogP contribution in [0.25, 0.3) is 10.9 Å². The summed E-state index contributed by atoms with van der Waals surface area (Å²) in [6.07, 6.45) is 7.67. The van der Waals surface area contributed by atoms with Crippen LogP contribution in [0.3, 0.4) is 0 Å². The van der Waals surface area contributed by atoms with Crippen molar-refractivity contribution < 1.29 is 4.74 Å². The van der Waals surface area contributed by atoms with Gasteiger partial charge in [0.2, 0.25) is 0 Å². The van der Waals surface area contributed by atoms with E-state index in [0.717, 1.165) is 60.3 Å². The highest BCUT2D eigenvalue weighted by Gasteiger charge is 2.29. The molecule has 0 radical (unpaired) electrons. The van der Waals surface area contributed by atoms with Crippen molar-refractivity contribution >= 4 is 10.9 Å². The Morgan fingerprint density at radius 1 is 1.11 bits per heavy atom. The third-order valence-corrected chi connectivity index (χ3v) is 7.60. The van der Waals surface area contributed by atoms with Crippen LogP contribution in [0.1, 0.15) is 74.5 Å². The molecule has 194 valence electrons. The highest BCUT2D eigenvalue weighted by Crippen LogP contribution is 2.32. The second-order valence-corrected chi connectivity index (χ2v) is 9.98. The second-order valence-electron chi connectivity index (χ2n) is 9.98. The zero-order chi connectivity index (χ0) is 25.6. The minimum atomic E-state index is -0.0656. The Morgan fingerprint density at radius 3 is 2.68 bits per heavy atom. The summed E-state index contributed by atoms with van der Waals surface area (Å²) in [6, 6.07) is 18.5. The summed E-state index contributed by atoms with van der Waals surface area (Å²) in [5, 5.41) is 14.0. The lowest BCUT2D eigenvalue weighted by molar-refractivity contribution is 0.165. The molecule has 1 unspecified atom stereocenters. The molecule has 2 heterocycles. The van der Waals surface area contributed by atoms with Gasteiger partial charge in [-0.2, -0.15) is 0 Å². The van der Waals surface area contributed by atoms with Crippen molar-refractivity contribution in [3.05, 3.63) is 81.9 Å². The zero-order valence-corrected chi connectivity index (χ0v) is 21.8. The number of rotatable bonds is 10. The fourth-order valence-corrected chi connectivity index (χ4v) is 5.57. The molecule has 1 saturated carbocycles. The third kappa shape index (κ3) is 5.74. The maximum Gasteiger partial charge on any atom is 0.252 e. The lowest BCUT2D eigenvalue weighted by Crippen LogP contribution is -2.34. The number of methoxy groups -OCH3 is 1. The molecule has 1 fully saturated rings. The molecule has 5 rings (SSSR count). The second kappa shape index (κ2) is 11.7. The predicted octanol–water partition coefficient (Wildman–Crippen LogP) is 5.22. The fraction of sp³-hybridized carbons (Fsp3) is 0.448. The standard InChI is InChI=1S/C29H36N6O2/c1-3-27(28-31-32-33-35(28)24-12-8-5-9-13-24)34(17-16-21-10-6-4-7-11-21)20-23-18-22-19-25(37-2)14-15-26(22)30-29(23)36/h4,6-7,10-11,14-15,18-19,24,27H,3,5,8-9,12-13,16-17,20H2,1-2H3,(H,30,36). The minimum Gasteiger partial charge on any atom is -0.497 e. The number of nitrogens with zero attached hydrogens (tertiary/aromatic N) is 5. The summed E-state index contributed by atoms with van der Waals surface area (Å²) in [6.45, 7) is 3.47. The number of benzene rings is 2. The van der Waals surface area contributed by atoms with E-state index in [0.29, 0.717) is 12.6 Å². The molecule has 0 saturated heterocycles. The molecule has 8 nitrogen and oxygen atoms in total. The average Bonchev–Trinajstić information content (AvgIpc) is 3.42. The number of hydrogen-bond acceptors (Lipinski definition) is 6. The monoisotopic (exact) mass is 500 g/mol. The lowest BCUT2D eigenvalue weighted by atomic mass is 9.95. The van der Waals surface area contributed by atoms with Crippen LogP contribution in [0.5, 0.6) is 5.75 Å². The largest absolute Gasteiger partial charge is 0.497 e. The van der Waals surface area contributed by atoms with Gasteiger partial charge in [0.1, 0.15) is 5.75 Å². The van der Waals surface area contributed by atoms with E-state index in [-0.39, 0.29) is 11.6 Å². The number of ether oxygens (including phenoxy) is 1. The number of aromatic nitrogens is 5. The van der Waals surface area contributed by atoms with Crippen molar-refractivity contribution in [3.63, 3.8) is 0 Å². The van der Waals surface area contributed by atoms with Crippen molar-refractivity contribution in [1.82, 2.24) is 30.1 Å². The SMILES string of the molecule is CCC(c1nnnn1C1CCCCC1)N(CCc1ccccc1)Cc1cc2cc(OC)ccc2[nH]c1=O. The molecule has 2 aromatic carbocycles. The number of hydrogen-bond donors (Lipinski definition) is 1. The van der Waals surface area contributed by atoms with E-state index in [4.69, 9.17) is 4.74 Å². The molecule has 0 bridgehead atoms. The summed E-state index contributed by atoms with van der Waals surface area (Å²) in [5.41, 5.74) is 2.73. The van der Waals surface area contributed by atoms with Crippen LogP contribution in [0.2, 0.25) is 0 Å². The normalized spacial score (nSPS) is 15.3. The van der Waals surface area contributed by atoms with Gasteiger partial charge >= 0.3 is 0 Å². The van der Waals surface area contributed by atoms with Gasteiger partial charge in [-0.15, -0.1) is 5.10 Å². The first-order valence-electron chi connectivity index (χ1n) is 13.4. The number of fused-ring (bicyclic) bond motifs is 1. The maximum absolute atomic E-state index is 13.2. The van der Waals surface area contributed by atoms with Crippen LogP contribution in [-0.4, -0.2) is 43.7 Å². The van der Waals surface area contributed by atoms with Crippen molar-refractivity contribution in [2.24, 2.45) is 0 Å². The third-order valence-electron chi connectivity index (χ3n) is 7.60. The van der Waals surface area contributed by atoms with Crippen LogP contribution in [0, 0.1) is 0 Å². The quantitative estimate of drug-likeness (QED) is 0.321. The Hall–Kier alpha value is -3.52. The Labute approximate surface area is 217 Å². The number of H-pyrrole nitrogens is 1. The molecule has 1 aliphatic rings. The minimum absolute atomic E-state index is 0.000968. The van der Waals surface area contributed by atoms with E-state index in [1.807, 2.05) is 30.3 Å².